The van der Waals surface area contributed by atoms with Gasteiger partial charge in [0.1, 0.15) is 11.5 Å². The highest BCUT2D eigenvalue weighted by molar-refractivity contribution is 5.95. The van der Waals surface area contributed by atoms with Gasteiger partial charge < -0.3 is 19.7 Å². The molecule has 1 amide bonds. The quantitative estimate of drug-likeness (QED) is 0.833. The fourth-order valence-corrected chi connectivity index (χ4v) is 3.17. The fraction of sp³-hybridized carbons (Fsp3) is 0.632. The molecule has 5 heteroatoms. The Morgan fingerprint density at radius 1 is 1.17 bits per heavy atom. The molecule has 0 bridgehead atoms. The van der Waals surface area contributed by atoms with Crippen LogP contribution in [0.1, 0.15) is 37.0 Å². The van der Waals surface area contributed by atoms with Gasteiger partial charge in [-0.25, -0.2) is 0 Å². The standard InChI is InChI=1S/C19H30N2O3/c1-14(2)13-21-7-5-15(6-8-21)12-20-19(22)16-9-17(23-3)11-18(10-16)24-4/h9-11,14-15H,5-8,12-13H2,1-4H3,(H,20,22). The van der Waals surface area contributed by atoms with Gasteiger partial charge in [-0.1, -0.05) is 13.8 Å². The molecule has 0 unspecified atom stereocenters. The Kier molecular flexibility index (Phi) is 6.91. The third-order valence-corrected chi connectivity index (χ3v) is 4.50. The number of amides is 1. The molecule has 1 N–H and O–H groups in total. The summed E-state index contributed by atoms with van der Waals surface area (Å²) >= 11 is 0. The van der Waals surface area contributed by atoms with Gasteiger partial charge in [-0.15, -0.1) is 0 Å². The first kappa shape index (κ1) is 18.6. The van der Waals surface area contributed by atoms with Gasteiger partial charge in [0.05, 0.1) is 14.2 Å². The van der Waals surface area contributed by atoms with E-state index in [2.05, 4.69) is 24.1 Å². The molecule has 0 saturated carbocycles. The average molecular weight is 334 g/mol. The van der Waals surface area contributed by atoms with Gasteiger partial charge in [0.25, 0.3) is 5.91 Å². The largest absolute Gasteiger partial charge is 0.497 e. The molecular weight excluding hydrogens is 304 g/mol. The van der Waals surface area contributed by atoms with Crippen molar-refractivity contribution in [1.82, 2.24) is 10.2 Å². The van der Waals surface area contributed by atoms with Crippen LogP contribution in [-0.2, 0) is 0 Å². The van der Waals surface area contributed by atoms with Crippen LogP contribution in [0.4, 0.5) is 0 Å². The maximum Gasteiger partial charge on any atom is 0.251 e. The number of piperidine rings is 1. The molecular formula is C19H30N2O3. The molecule has 0 radical (unpaired) electrons. The number of nitrogens with zero attached hydrogens (tertiary/aromatic N) is 1. The molecule has 0 aliphatic carbocycles. The maximum atomic E-state index is 12.4. The van der Waals surface area contributed by atoms with Gasteiger partial charge >= 0.3 is 0 Å². The van der Waals surface area contributed by atoms with Gasteiger partial charge in [0.2, 0.25) is 0 Å². The van der Waals surface area contributed by atoms with E-state index >= 15 is 0 Å². The van der Waals surface area contributed by atoms with Crippen LogP contribution in [0.15, 0.2) is 18.2 Å². The van der Waals surface area contributed by atoms with Crippen LogP contribution in [-0.4, -0.2) is 51.2 Å². The zero-order chi connectivity index (χ0) is 17.5. The zero-order valence-corrected chi connectivity index (χ0v) is 15.3. The molecule has 1 fully saturated rings. The van der Waals surface area contributed by atoms with Gasteiger partial charge in [-0.2, -0.15) is 0 Å². The maximum absolute atomic E-state index is 12.4. The molecule has 2 rings (SSSR count). The summed E-state index contributed by atoms with van der Waals surface area (Å²) in [6, 6.07) is 5.24. The second-order valence-electron chi connectivity index (χ2n) is 6.95. The van der Waals surface area contributed by atoms with Crippen LogP contribution in [0.2, 0.25) is 0 Å². The van der Waals surface area contributed by atoms with Crippen molar-refractivity contribution in [2.24, 2.45) is 11.8 Å². The van der Waals surface area contributed by atoms with E-state index < -0.39 is 0 Å². The number of hydrogen-bond acceptors (Lipinski definition) is 4. The third kappa shape index (κ3) is 5.41. The molecule has 1 aromatic rings. The molecule has 1 saturated heterocycles. The number of methoxy groups -OCH3 is 2. The zero-order valence-electron chi connectivity index (χ0n) is 15.3. The lowest BCUT2D eigenvalue weighted by Crippen LogP contribution is -2.40. The second kappa shape index (κ2) is 8.92. The summed E-state index contributed by atoms with van der Waals surface area (Å²) in [7, 11) is 3.17. The molecule has 1 aliphatic heterocycles. The normalized spacial score (nSPS) is 16.2. The number of likely N-dealkylation sites (tertiary alicyclic amines) is 1. The number of rotatable bonds is 7. The summed E-state index contributed by atoms with van der Waals surface area (Å²) in [5.74, 6) is 2.45. The van der Waals surface area contributed by atoms with Gasteiger partial charge in [0.15, 0.2) is 0 Å². The Bertz CT molecular complexity index is 515. The number of benzene rings is 1. The summed E-state index contributed by atoms with van der Waals surface area (Å²) in [5, 5.41) is 3.06. The van der Waals surface area contributed by atoms with E-state index in [1.807, 2.05) is 0 Å². The first-order chi connectivity index (χ1) is 11.5. The van der Waals surface area contributed by atoms with E-state index in [1.54, 1.807) is 32.4 Å². The molecule has 0 aromatic heterocycles. The summed E-state index contributed by atoms with van der Waals surface area (Å²) in [6.45, 7) is 8.68. The Balaban J connectivity index is 1.83. The van der Waals surface area contributed by atoms with Crippen molar-refractivity contribution in [2.75, 3.05) is 40.4 Å². The lowest BCUT2D eigenvalue weighted by molar-refractivity contribution is 0.0933. The van der Waals surface area contributed by atoms with Crippen LogP contribution >= 0.6 is 0 Å². The highest BCUT2D eigenvalue weighted by atomic mass is 16.5. The van der Waals surface area contributed by atoms with Gasteiger partial charge in [-0.05, 0) is 49.9 Å². The average Bonchev–Trinajstić information content (AvgIpc) is 2.59. The van der Waals surface area contributed by atoms with Crippen LogP contribution in [0.3, 0.4) is 0 Å². The van der Waals surface area contributed by atoms with Crippen LogP contribution < -0.4 is 14.8 Å². The van der Waals surface area contributed by atoms with Gasteiger partial charge in [0, 0.05) is 24.7 Å². The molecule has 1 heterocycles. The summed E-state index contributed by atoms with van der Waals surface area (Å²) in [6.07, 6.45) is 2.29. The number of carbonyl (C=O) groups is 1. The second-order valence-corrected chi connectivity index (χ2v) is 6.95. The minimum absolute atomic E-state index is 0.0724. The lowest BCUT2D eigenvalue weighted by Gasteiger charge is -2.33. The minimum Gasteiger partial charge on any atom is -0.497 e. The number of carbonyl (C=O) groups excluding carboxylic acids is 1. The fourth-order valence-electron chi connectivity index (χ4n) is 3.17. The summed E-state index contributed by atoms with van der Waals surface area (Å²) in [5.41, 5.74) is 0.573. The molecule has 1 aliphatic rings. The highest BCUT2D eigenvalue weighted by Crippen LogP contribution is 2.23. The van der Waals surface area contributed by atoms with Crippen LogP contribution in [0.5, 0.6) is 11.5 Å². The third-order valence-electron chi connectivity index (χ3n) is 4.50. The van der Waals surface area contributed by atoms with Crippen LogP contribution in [0, 0.1) is 11.8 Å². The van der Waals surface area contributed by atoms with Crippen molar-refractivity contribution < 1.29 is 14.3 Å². The molecule has 1 aromatic carbocycles. The van der Waals surface area contributed by atoms with E-state index in [-0.39, 0.29) is 5.91 Å². The molecule has 24 heavy (non-hydrogen) atoms. The van der Waals surface area contributed by atoms with E-state index in [0.717, 1.165) is 32.5 Å². The smallest absolute Gasteiger partial charge is 0.251 e. The van der Waals surface area contributed by atoms with E-state index in [1.165, 1.54) is 6.54 Å². The van der Waals surface area contributed by atoms with Crippen LogP contribution in [0.25, 0.3) is 0 Å². The predicted octanol–water partition coefficient (Wildman–Crippen LogP) is 2.80. The lowest BCUT2D eigenvalue weighted by atomic mass is 9.96. The molecule has 0 spiro atoms. The van der Waals surface area contributed by atoms with Crippen molar-refractivity contribution in [3.63, 3.8) is 0 Å². The van der Waals surface area contributed by atoms with Crippen molar-refractivity contribution in [3.05, 3.63) is 23.8 Å². The summed E-state index contributed by atoms with van der Waals surface area (Å²) in [4.78, 5) is 14.9. The monoisotopic (exact) mass is 334 g/mol. The number of nitrogens with one attached hydrogen (secondary N) is 1. The van der Waals surface area contributed by atoms with E-state index in [9.17, 15) is 4.79 Å². The predicted molar refractivity (Wildman–Crippen MR) is 95.9 cm³/mol. The molecule has 0 atom stereocenters. The Hall–Kier alpha value is -1.75. The first-order valence-corrected chi connectivity index (χ1v) is 8.75. The Morgan fingerprint density at radius 3 is 2.25 bits per heavy atom. The number of hydrogen-bond donors (Lipinski definition) is 1. The van der Waals surface area contributed by atoms with Crippen molar-refractivity contribution in [2.45, 2.75) is 26.7 Å². The minimum atomic E-state index is -0.0724. The van der Waals surface area contributed by atoms with Crippen molar-refractivity contribution >= 4 is 5.91 Å². The van der Waals surface area contributed by atoms with Crippen molar-refractivity contribution in [3.8, 4) is 11.5 Å². The van der Waals surface area contributed by atoms with E-state index in [4.69, 9.17) is 9.47 Å². The highest BCUT2D eigenvalue weighted by Gasteiger charge is 2.20. The van der Waals surface area contributed by atoms with Crippen molar-refractivity contribution in [1.29, 1.82) is 0 Å². The van der Waals surface area contributed by atoms with E-state index in [0.29, 0.717) is 28.9 Å². The topological polar surface area (TPSA) is 50.8 Å². The summed E-state index contributed by atoms with van der Waals surface area (Å²) < 4.78 is 10.4. The Morgan fingerprint density at radius 2 is 1.75 bits per heavy atom. The SMILES string of the molecule is COc1cc(OC)cc(C(=O)NCC2CCN(CC(C)C)CC2)c1. The Labute approximate surface area is 145 Å². The molecule has 5 nitrogen and oxygen atoms in total. The number of ether oxygens (including phenoxy) is 2. The molecule has 134 valence electrons. The van der Waals surface area contributed by atoms with Gasteiger partial charge in [-0.3, -0.25) is 4.79 Å². The first-order valence-electron chi connectivity index (χ1n) is 8.75.